The molecule has 25 heavy (non-hydrogen) atoms. The Hall–Kier alpha value is -2.55. The predicted octanol–water partition coefficient (Wildman–Crippen LogP) is 1.73. The lowest BCUT2D eigenvalue weighted by Gasteiger charge is -2.15. The molecule has 9 heteroatoms. The molecule has 2 unspecified atom stereocenters. The number of nitrogens with zero attached hydrogens (tertiary/aromatic N) is 2. The van der Waals surface area contributed by atoms with Gasteiger partial charge in [0.15, 0.2) is 17.9 Å². The molecule has 3 rings (SSSR count). The first kappa shape index (κ1) is 17.3. The minimum atomic E-state index is -0.897. The van der Waals surface area contributed by atoms with Crippen LogP contribution in [-0.2, 0) is 4.74 Å². The van der Waals surface area contributed by atoms with Gasteiger partial charge in [-0.15, -0.1) is 0 Å². The molecule has 0 saturated carbocycles. The topological polar surface area (TPSA) is 93.5 Å². The van der Waals surface area contributed by atoms with E-state index in [2.05, 4.69) is 10.3 Å². The lowest BCUT2D eigenvalue weighted by molar-refractivity contribution is -0.0106. The molecule has 0 aliphatic carbocycles. The normalized spacial score (nSPS) is 19.2. The van der Waals surface area contributed by atoms with Crippen LogP contribution < -0.4 is 11.0 Å². The van der Waals surface area contributed by atoms with E-state index in [1.54, 1.807) is 6.08 Å². The van der Waals surface area contributed by atoms with Crippen molar-refractivity contribution in [3.8, 4) is 0 Å². The van der Waals surface area contributed by atoms with E-state index in [-0.39, 0.29) is 12.2 Å². The molecule has 1 aliphatic heterocycles. The Bertz CT molecular complexity index is 882. The average molecular weight is 366 g/mol. The Kier molecular flexibility index (Phi) is 4.93. The number of anilines is 1. The number of hydrogen-bond acceptors (Lipinski definition) is 5. The summed E-state index contributed by atoms with van der Waals surface area (Å²) in [6, 6.07) is 5.95. The molecular formula is C16H13ClFN3O4. The van der Waals surface area contributed by atoms with Crippen molar-refractivity contribution < 1.29 is 19.0 Å². The van der Waals surface area contributed by atoms with E-state index in [0.717, 1.165) is 10.8 Å². The van der Waals surface area contributed by atoms with Gasteiger partial charge in [0.2, 0.25) is 0 Å². The largest absolute Gasteiger partial charge is 0.393 e. The lowest BCUT2D eigenvalue weighted by Crippen LogP contribution is -2.30. The summed E-state index contributed by atoms with van der Waals surface area (Å²) in [5.41, 5.74) is -0.566. The molecular weight excluding hydrogens is 353 g/mol. The summed E-state index contributed by atoms with van der Waals surface area (Å²) in [6.07, 6.45) is 2.53. The molecule has 1 aliphatic rings. The monoisotopic (exact) mass is 365 g/mol. The van der Waals surface area contributed by atoms with E-state index in [9.17, 15) is 14.0 Å². The molecule has 0 saturated heterocycles. The fourth-order valence-electron chi connectivity index (χ4n) is 2.25. The number of aromatic nitrogens is 2. The minimum Gasteiger partial charge on any atom is -0.393 e. The van der Waals surface area contributed by atoms with Crippen molar-refractivity contribution in [3.63, 3.8) is 0 Å². The Labute approximate surface area is 146 Å². The zero-order chi connectivity index (χ0) is 18.0. The second kappa shape index (κ2) is 7.14. The molecule has 2 atom stereocenters. The van der Waals surface area contributed by atoms with Gasteiger partial charge in [-0.2, -0.15) is 4.98 Å². The smallest absolute Gasteiger partial charge is 0.352 e. The highest BCUT2D eigenvalue weighted by Gasteiger charge is 2.23. The maximum absolute atomic E-state index is 14.2. The van der Waals surface area contributed by atoms with Crippen molar-refractivity contribution in [1.82, 2.24) is 9.55 Å². The van der Waals surface area contributed by atoms with Gasteiger partial charge < -0.3 is 15.2 Å². The van der Waals surface area contributed by atoms with E-state index in [1.165, 1.54) is 30.3 Å². The van der Waals surface area contributed by atoms with E-state index in [0.29, 0.717) is 5.02 Å². The molecule has 2 N–H and O–H groups in total. The quantitative estimate of drug-likeness (QED) is 0.805. The van der Waals surface area contributed by atoms with Gasteiger partial charge in [0.1, 0.15) is 6.10 Å². The number of carbonyl (C=O) groups is 1. The van der Waals surface area contributed by atoms with Crippen molar-refractivity contribution >= 4 is 23.3 Å². The van der Waals surface area contributed by atoms with Crippen LogP contribution in [-0.4, -0.2) is 33.3 Å². The van der Waals surface area contributed by atoms with Crippen molar-refractivity contribution in [2.24, 2.45) is 0 Å². The van der Waals surface area contributed by atoms with Crippen molar-refractivity contribution in [3.05, 3.63) is 69.5 Å². The van der Waals surface area contributed by atoms with Gasteiger partial charge in [-0.3, -0.25) is 9.36 Å². The van der Waals surface area contributed by atoms with Crippen LogP contribution >= 0.6 is 11.6 Å². The number of aliphatic hydroxyl groups excluding tert-OH is 1. The molecule has 130 valence electrons. The molecule has 0 bridgehead atoms. The number of amides is 1. The number of benzene rings is 1. The molecule has 2 aromatic rings. The summed E-state index contributed by atoms with van der Waals surface area (Å²) in [7, 11) is 0. The Morgan fingerprint density at radius 2 is 2.08 bits per heavy atom. The molecule has 7 nitrogen and oxygen atoms in total. The first-order chi connectivity index (χ1) is 12.0. The van der Waals surface area contributed by atoms with E-state index < -0.39 is 35.6 Å². The molecule has 0 fully saturated rings. The van der Waals surface area contributed by atoms with E-state index in [4.69, 9.17) is 21.4 Å². The molecule has 0 radical (unpaired) electrons. The number of nitrogens with one attached hydrogen (secondary N) is 1. The van der Waals surface area contributed by atoms with Crippen LogP contribution in [0.3, 0.4) is 0 Å². The summed E-state index contributed by atoms with van der Waals surface area (Å²) in [5, 5.41) is 11.7. The predicted molar refractivity (Wildman–Crippen MR) is 88.0 cm³/mol. The molecule has 0 spiro atoms. The SMILES string of the molecule is O=C(Nc1nc(=O)n(C2C=CC(CO)O2)cc1F)c1ccc(Cl)cc1. The lowest BCUT2D eigenvalue weighted by atomic mass is 10.2. The van der Waals surface area contributed by atoms with Crippen molar-refractivity contribution in [2.75, 3.05) is 11.9 Å². The minimum absolute atomic E-state index is 0.239. The van der Waals surface area contributed by atoms with Gasteiger partial charge in [0.25, 0.3) is 5.91 Å². The Morgan fingerprint density at radius 1 is 1.36 bits per heavy atom. The summed E-state index contributed by atoms with van der Waals surface area (Å²) >= 11 is 5.74. The highest BCUT2D eigenvalue weighted by molar-refractivity contribution is 6.30. The van der Waals surface area contributed by atoms with E-state index in [1.807, 2.05) is 0 Å². The third-order valence-corrected chi connectivity index (χ3v) is 3.76. The number of halogens is 2. The Morgan fingerprint density at radius 3 is 2.72 bits per heavy atom. The van der Waals surface area contributed by atoms with Gasteiger partial charge in [-0.25, -0.2) is 9.18 Å². The van der Waals surface area contributed by atoms with Crippen LogP contribution in [0.5, 0.6) is 0 Å². The number of aliphatic hydroxyl groups is 1. The van der Waals surface area contributed by atoms with Crippen LogP contribution in [0, 0.1) is 5.82 Å². The van der Waals surface area contributed by atoms with Gasteiger partial charge in [0.05, 0.1) is 12.8 Å². The van der Waals surface area contributed by atoms with Crippen LogP contribution in [0.1, 0.15) is 16.6 Å². The first-order valence-corrected chi connectivity index (χ1v) is 7.66. The third kappa shape index (κ3) is 3.76. The molecule has 1 aromatic carbocycles. The number of carbonyl (C=O) groups excluding carboxylic acids is 1. The molecule has 1 aromatic heterocycles. The highest BCUT2D eigenvalue weighted by atomic mass is 35.5. The van der Waals surface area contributed by atoms with Crippen molar-refractivity contribution in [1.29, 1.82) is 0 Å². The van der Waals surface area contributed by atoms with Crippen LogP contribution in [0.15, 0.2) is 47.4 Å². The van der Waals surface area contributed by atoms with Gasteiger partial charge >= 0.3 is 5.69 Å². The summed E-state index contributed by atoms with van der Waals surface area (Å²) in [5.74, 6) is -2.01. The number of ether oxygens (including phenoxy) is 1. The van der Waals surface area contributed by atoms with Gasteiger partial charge in [0, 0.05) is 10.6 Å². The highest BCUT2D eigenvalue weighted by Crippen LogP contribution is 2.20. The van der Waals surface area contributed by atoms with Gasteiger partial charge in [-0.05, 0) is 30.3 Å². The second-order valence-electron chi connectivity index (χ2n) is 5.22. The fraction of sp³-hybridized carbons (Fsp3) is 0.188. The van der Waals surface area contributed by atoms with Crippen LogP contribution in [0.25, 0.3) is 0 Å². The average Bonchev–Trinajstić information content (AvgIpc) is 3.07. The molecule has 2 heterocycles. The zero-order valence-corrected chi connectivity index (χ0v) is 13.5. The fourth-order valence-corrected chi connectivity index (χ4v) is 2.37. The maximum atomic E-state index is 14.2. The zero-order valence-electron chi connectivity index (χ0n) is 12.7. The number of hydrogen-bond donors (Lipinski definition) is 2. The van der Waals surface area contributed by atoms with Crippen molar-refractivity contribution in [2.45, 2.75) is 12.3 Å². The molecule has 1 amide bonds. The second-order valence-corrected chi connectivity index (χ2v) is 5.66. The maximum Gasteiger partial charge on any atom is 0.352 e. The Balaban J connectivity index is 1.81. The standard InChI is InChI=1S/C16H13ClFN3O4/c17-10-3-1-9(2-4-10)15(23)19-14-12(18)7-21(16(24)20-14)13-6-5-11(8-22)25-13/h1-7,11,13,22H,8H2,(H,19,20,23,24). The van der Waals surface area contributed by atoms with E-state index >= 15 is 0 Å². The van der Waals surface area contributed by atoms with Crippen LogP contribution in [0.4, 0.5) is 10.2 Å². The first-order valence-electron chi connectivity index (χ1n) is 7.28. The third-order valence-electron chi connectivity index (χ3n) is 3.50. The summed E-state index contributed by atoms with van der Waals surface area (Å²) < 4.78 is 20.5. The number of rotatable bonds is 4. The summed E-state index contributed by atoms with van der Waals surface area (Å²) in [6.45, 7) is -0.257. The van der Waals surface area contributed by atoms with Crippen LogP contribution in [0.2, 0.25) is 5.02 Å². The summed E-state index contributed by atoms with van der Waals surface area (Å²) in [4.78, 5) is 27.7. The van der Waals surface area contributed by atoms with Gasteiger partial charge in [-0.1, -0.05) is 17.7 Å².